The van der Waals surface area contributed by atoms with Gasteiger partial charge in [0.15, 0.2) is 0 Å². The van der Waals surface area contributed by atoms with E-state index in [1.807, 2.05) is 19.1 Å². The first-order valence-electron chi connectivity index (χ1n) is 5.63. The molecule has 1 rings (SSSR count). The average Bonchev–Trinajstić information content (AvgIpc) is 2.28. The Hall–Kier alpha value is -1.46. The minimum Gasteiger partial charge on any atom is -0.508 e. The Kier molecular flexibility index (Phi) is 5.45. The number of nitrogens with one attached hydrogen (secondary N) is 1. The van der Waals surface area contributed by atoms with Crippen LogP contribution >= 0.6 is 0 Å². The first-order valence-corrected chi connectivity index (χ1v) is 5.63. The molecule has 2 heteroatoms. The number of aromatic hydroxyl groups is 1. The van der Waals surface area contributed by atoms with E-state index in [1.165, 1.54) is 5.56 Å². The zero-order valence-corrected chi connectivity index (χ0v) is 9.96. The molecule has 16 heavy (non-hydrogen) atoms. The van der Waals surface area contributed by atoms with Crippen molar-refractivity contribution in [2.75, 3.05) is 6.54 Å². The second-order valence-corrected chi connectivity index (χ2v) is 3.90. The second-order valence-electron chi connectivity index (χ2n) is 3.90. The Morgan fingerprint density at radius 2 is 2.00 bits per heavy atom. The Morgan fingerprint density at radius 3 is 2.62 bits per heavy atom. The summed E-state index contributed by atoms with van der Waals surface area (Å²) in [6.45, 7) is 4.95. The van der Waals surface area contributed by atoms with Crippen molar-refractivity contribution in [2.45, 2.75) is 32.7 Å². The van der Waals surface area contributed by atoms with Crippen molar-refractivity contribution in [3.05, 3.63) is 29.8 Å². The summed E-state index contributed by atoms with van der Waals surface area (Å²) < 4.78 is 0. The molecule has 0 saturated carbocycles. The third-order valence-electron chi connectivity index (χ3n) is 2.40. The van der Waals surface area contributed by atoms with Gasteiger partial charge in [-0.1, -0.05) is 12.1 Å². The van der Waals surface area contributed by atoms with Gasteiger partial charge in [0.2, 0.25) is 0 Å². The summed E-state index contributed by atoms with van der Waals surface area (Å²) in [6.07, 6.45) is 1.87. The fraction of sp³-hybridized carbons (Fsp3) is 0.429. The molecule has 0 aromatic heterocycles. The summed E-state index contributed by atoms with van der Waals surface area (Å²) in [5.41, 5.74) is 1.24. The number of phenolic OH excluding ortho intramolecular Hbond substituents is 1. The molecule has 1 aromatic carbocycles. The molecule has 0 heterocycles. The van der Waals surface area contributed by atoms with Gasteiger partial charge in [-0.15, -0.1) is 11.8 Å². The standard InChI is InChI=1S/C14H19NO/c1-3-4-5-10-15-12(2)11-13-6-8-14(16)9-7-13/h6-9,12,15-16H,5,10-11H2,1-2H3. The first-order chi connectivity index (χ1) is 7.72. The van der Waals surface area contributed by atoms with Gasteiger partial charge < -0.3 is 10.4 Å². The number of rotatable bonds is 5. The second kappa shape index (κ2) is 6.92. The molecule has 1 atom stereocenters. The summed E-state index contributed by atoms with van der Waals surface area (Å²) in [5, 5.41) is 12.6. The van der Waals surface area contributed by atoms with Crippen LogP contribution in [0, 0.1) is 11.8 Å². The maximum atomic E-state index is 9.16. The van der Waals surface area contributed by atoms with Crippen molar-refractivity contribution in [1.29, 1.82) is 0 Å². The van der Waals surface area contributed by atoms with Gasteiger partial charge in [-0.05, 0) is 38.0 Å². The van der Waals surface area contributed by atoms with E-state index in [1.54, 1.807) is 12.1 Å². The van der Waals surface area contributed by atoms with Crippen molar-refractivity contribution in [3.8, 4) is 17.6 Å². The molecule has 0 fully saturated rings. The fourth-order valence-electron chi connectivity index (χ4n) is 1.56. The van der Waals surface area contributed by atoms with Crippen LogP contribution in [0.2, 0.25) is 0 Å². The van der Waals surface area contributed by atoms with E-state index < -0.39 is 0 Å². The highest BCUT2D eigenvalue weighted by Gasteiger charge is 2.01. The highest BCUT2D eigenvalue weighted by atomic mass is 16.3. The van der Waals surface area contributed by atoms with Crippen molar-refractivity contribution in [2.24, 2.45) is 0 Å². The highest BCUT2D eigenvalue weighted by molar-refractivity contribution is 5.26. The summed E-state index contributed by atoms with van der Waals surface area (Å²) in [4.78, 5) is 0. The topological polar surface area (TPSA) is 32.3 Å². The molecule has 0 aliphatic carbocycles. The highest BCUT2D eigenvalue weighted by Crippen LogP contribution is 2.11. The quantitative estimate of drug-likeness (QED) is 0.586. The molecule has 0 aliphatic heterocycles. The Morgan fingerprint density at radius 1 is 1.31 bits per heavy atom. The predicted molar refractivity (Wildman–Crippen MR) is 67.3 cm³/mol. The number of phenols is 1. The molecular formula is C14H19NO. The van der Waals surface area contributed by atoms with Crippen LogP contribution in [0.15, 0.2) is 24.3 Å². The van der Waals surface area contributed by atoms with Gasteiger partial charge in [-0.3, -0.25) is 0 Å². The molecular weight excluding hydrogens is 198 g/mol. The van der Waals surface area contributed by atoms with E-state index in [2.05, 4.69) is 24.1 Å². The Balaban J connectivity index is 2.30. The third kappa shape index (κ3) is 4.86. The lowest BCUT2D eigenvalue weighted by Gasteiger charge is -2.12. The first kappa shape index (κ1) is 12.6. The minimum absolute atomic E-state index is 0.322. The fourth-order valence-corrected chi connectivity index (χ4v) is 1.56. The smallest absolute Gasteiger partial charge is 0.115 e. The predicted octanol–water partition coefficient (Wildman–Crippen LogP) is 2.33. The summed E-state index contributed by atoms with van der Waals surface area (Å²) in [5.74, 6) is 6.23. The van der Waals surface area contributed by atoms with E-state index in [-0.39, 0.29) is 0 Å². The van der Waals surface area contributed by atoms with Crippen LogP contribution in [0.1, 0.15) is 25.8 Å². The molecule has 0 radical (unpaired) electrons. The number of hydrogen-bond donors (Lipinski definition) is 2. The van der Waals surface area contributed by atoms with E-state index >= 15 is 0 Å². The zero-order valence-electron chi connectivity index (χ0n) is 9.96. The minimum atomic E-state index is 0.322. The van der Waals surface area contributed by atoms with Gasteiger partial charge in [0.25, 0.3) is 0 Å². The van der Waals surface area contributed by atoms with Gasteiger partial charge >= 0.3 is 0 Å². The summed E-state index contributed by atoms with van der Waals surface area (Å²) >= 11 is 0. The number of hydrogen-bond acceptors (Lipinski definition) is 2. The molecule has 0 bridgehead atoms. The van der Waals surface area contributed by atoms with Crippen LogP contribution < -0.4 is 5.32 Å². The Labute approximate surface area is 97.7 Å². The maximum Gasteiger partial charge on any atom is 0.115 e. The van der Waals surface area contributed by atoms with Gasteiger partial charge in [0.05, 0.1) is 0 Å². The zero-order chi connectivity index (χ0) is 11.8. The molecule has 0 aliphatic rings. The van der Waals surface area contributed by atoms with Gasteiger partial charge in [-0.2, -0.15) is 0 Å². The van der Waals surface area contributed by atoms with E-state index in [0.29, 0.717) is 11.8 Å². The lowest BCUT2D eigenvalue weighted by molar-refractivity contribution is 0.474. The molecule has 2 N–H and O–H groups in total. The van der Waals surface area contributed by atoms with Crippen molar-refractivity contribution in [1.82, 2.24) is 5.32 Å². The largest absolute Gasteiger partial charge is 0.508 e. The van der Waals surface area contributed by atoms with Gasteiger partial charge in [-0.25, -0.2) is 0 Å². The number of benzene rings is 1. The van der Waals surface area contributed by atoms with Crippen LogP contribution in [0.3, 0.4) is 0 Å². The lowest BCUT2D eigenvalue weighted by atomic mass is 10.1. The maximum absolute atomic E-state index is 9.16. The molecule has 86 valence electrons. The molecule has 0 amide bonds. The van der Waals surface area contributed by atoms with Crippen molar-refractivity contribution < 1.29 is 5.11 Å². The van der Waals surface area contributed by atoms with E-state index in [4.69, 9.17) is 5.11 Å². The third-order valence-corrected chi connectivity index (χ3v) is 2.40. The van der Waals surface area contributed by atoms with Crippen molar-refractivity contribution >= 4 is 0 Å². The van der Waals surface area contributed by atoms with Crippen LogP contribution in [-0.2, 0) is 6.42 Å². The van der Waals surface area contributed by atoms with Gasteiger partial charge in [0, 0.05) is 19.0 Å². The normalized spacial score (nSPS) is 11.6. The summed E-state index contributed by atoms with van der Waals surface area (Å²) in [7, 11) is 0. The SMILES string of the molecule is CC#CCCNC(C)Cc1ccc(O)cc1. The summed E-state index contributed by atoms with van der Waals surface area (Å²) in [6, 6.07) is 7.80. The van der Waals surface area contributed by atoms with Crippen LogP contribution in [0.5, 0.6) is 5.75 Å². The monoisotopic (exact) mass is 217 g/mol. The van der Waals surface area contributed by atoms with Crippen LogP contribution in [-0.4, -0.2) is 17.7 Å². The average molecular weight is 217 g/mol. The van der Waals surface area contributed by atoms with Crippen LogP contribution in [0.4, 0.5) is 0 Å². The molecule has 1 unspecified atom stereocenters. The molecule has 2 nitrogen and oxygen atoms in total. The molecule has 0 spiro atoms. The van der Waals surface area contributed by atoms with E-state index in [0.717, 1.165) is 19.4 Å². The molecule has 0 saturated heterocycles. The van der Waals surface area contributed by atoms with E-state index in [9.17, 15) is 0 Å². The van der Waals surface area contributed by atoms with Crippen molar-refractivity contribution in [3.63, 3.8) is 0 Å². The Bertz CT molecular complexity index is 359. The lowest BCUT2D eigenvalue weighted by Crippen LogP contribution is -2.28. The van der Waals surface area contributed by atoms with Crippen LogP contribution in [0.25, 0.3) is 0 Å². The van der Waals surface area contributed by atoms with Gasteiger partial charge in [0.1, 0.15) is 5.75 Å². The molecule has 1 aromatic rings.